The minimum absolute atomic E-state index is 0.320. The summed E-state index contributed by atoms with van der Waals surface area (Å²) in [6, 6.07) is 4.05. The van der Waals surface area contributed by atoms with Crippen LogP contribution in [0, 0.1) is 5.92 Å². The van der Waals surface area contributed by atoms with Gasteiger partial charge in [0.15, 0.2) is 5.65 Å². The Labute approximate surface area is 143 Å². The van der Waals surface area contributed by atoms with Crippen LogP contribution in [0.25, 0.3) is 5.65 Å². The molecule has 1 fully saturated rings. The quantitative estimate of drug-likeness (QED) is 0.763. The Morgan fingerprint density at radius 1 is 1.42 bits per heavy atom. The molecule has 3 heterocycles. The highest BCUT2D eigenvalue weighted by Crippen LogP contribution is 2.19. The summed E-state index contributed by atoms with van der Waals surface area (Å²) in [6.07, 6.45) is 5.24. The van der Waals surface area contributed by atoms with Gasteiger partial charge in [0.2, 0.25) is 0 Å². The van der Waals surface area contributed by atoms with Gasteiger partial charge >= 0.3 is 0 Å². The summed E-state index contributed by atoms with van der Waals surface area (Å²) < 4.78 is 1.87. The van der Waals surface area contributed by atoms with Gasteiger partial charge in [0.1, 0.15) is 5.82 Å². The maximum atomic E-state index is 9.33. The number of fused-ring (bicyclic) bond motifs is 1. The first-order chi connectivity index (χ1) is 11.7. The molecular weight excluding hydrogens is 302 g/mol. The third kappa shape index (κ3) is 4.05. The average Bonchev–Trinajstić information content (AvgIpc) is 3.07. The first-order valence-corrected chi connectivity index (χ1v) is 9.09. The molecule has 24 heavy (non-hydrogen) atoms. The van der Waals surface area contributed by atoms with Crippen molar-refractivity contribution in [3.8, 4) is 0 Å². The van der Waals surface area contributed by atoms with Crippen molar-refractivity contribution in [2.45, 2.75) is 39.0 Å². The molecule has 2 N–H and O–H groups in total. The van der Waals surface area contributed by atoms with Crippen LogP contribution in [0.1, 0.15) is 44.7 Å². The minimum atomic E-state index is 0.320. The van der Waals surface area contributed by atoms with E-state index in [1.165, 1.54) is 6.42 Å². The van der Waals surface area contributed by atoms with E-state index in [0.717, 1.165) is 56.2 Å². The average molecular weight is 331 g/mol. The third-order valence-electron chi connectivity index (χ3n) is 4.79. The van der Waals surface area contributed by atoms with E-state index in [0.29, 0.717) is 18.4 Å². The molecule has 6 nitrogen and oxygen atoms in total. The summed E-state index contributed by atoms with van der Waals surface area (Å²) in [4.78, 5) is 7.12. The van der Waals surface area contributed by atoms with Gasteiger partial charge in [0.05, 0.1) is 6.20 Å². The van der Waals surface area contributed by atoms with Crippen LogP contribution in [0.15, 0.2) is 18.3 Å². The van der Waals surface area contributed by atoms with Crippen molar-refractivity contribution in [2.75, 3.05) is 38.1 Å². The standard InChI is InChI=1S/C18H29N5O/c1-14(2)16-11-18(23-17(21-16)6-8-20-23)19-7-4-10-22-9-3-5-15(12-22)13-24/h6,8,11,14-15,19,24H,3-5,7,9-10,12-13H2,1-2H3/t15-/m0/s1. The number of piperidine rings is 1. The summed E-state index contributed by atoms with van der Waals surface area (Å²) in [5.74, 6) is 1.87. The Kier molecular flexibility index (Phi) is 5.68. The van der Waals surface area contributed by atoms with Crippen LogP contribution in [0.3, 0.4) is 0 Å². The molecule has 0 radical (unpaired) electrons. The van der Waals surface area contributed by atoms with Crippen molar-refractivity contribution in [3.63, 3.8) is 0 Å². The number of hydrogen-bond acceptors (Lipinski definition) is 5. The molecule has 0 unspecified atom stereocenters. The van der Waals surface area contributed by atoms with Gasteiger partial charge < -0.3 is 15.3 Å². The van der Waals surface area contributed by atoms with E-state index in [2.05, 4.69) is 40.2 Å². The third-order valence-corrected chi connectivity index (χ3v) is 4.79. The molecule has 0 spiro atoms. The Balaban J connectivity index is 1.55. The van der Waals surface area contributed by atoms with E-state index >= 15 is 0 Å². The van der Waals surface area contributed by atoms with Crippen LogP contribution in [-0.4, -0.2) is 57.4 Å². The number of hydrogen-bond donors (Lipinski definition) is 2. The second-order valence-corrected chi connectivity index (χ2v) is 7.09. The fourth-order valence-electron chi connectivity index (χ4n) is 3.38. The maximum Gasteiger partial charge on any atom is 0.157 e. The highest BCUT2D eigenvalue weighted by atomic mass is 16.3. The summed E-state index contributed by atoms with van der Waals surface area (Å²) in [5.41, 5.74) is 1.98. The molecule has 1 aliphatic rings. The molecule has 3 rings (SSSR count). The highest BCUT2D eigenvalue weighted by molar-refractivity contribution is 5.49. The molecule has 0 aromatic carbocycles. The summed E-state index contributed by atoms with van der Waals surface area (Å²) in [5, 5.41) is 17.2. The van der Waals surface area contributed by atoms with Gasteiger partial charge in [-0.1, -0.05) is 13.8 Å². The molecule has 0 saturated carbocycles. The number of nitrogens with zero attached hydrogens (tertiary/aromatic N) is 4. The largest absolute Gasteiger partial charge is 0.396 e. The zero-order valence-corrected chi connectivity index (χ0v) is 14.8. The van der Waals surface area contributed by atoms with E-state index < -0.39 is 0 Å². The number of anilines is 1. The lowest BCUT2D eigenvalue weighted by molar-refractivity contribution is 0.120. The molecule has 2 aromatic rings. The lowest BCUT2D eigenvalue weighted by Crippen LogP contribution is -2.37. The number of aromatic nitrogens is 3. The number of nitrogens with one attached hydrogen (secondary N) is 1. The number of rotatable bonds is 7. The molecule has 0 bridgehead atoms. The predicted molar refractivity (Wildman–Crippen MR) is 96.4 cm³/mol. The zero-order chi connectivity index (χ0) is 16.9. The van der Waals surface area contributed by atoms with Gasteiger partial charge in [-0.05, 0) is 44.2 Å². The first kappa shape index (κ1) is 17.2. The van der Waals surface area contributed by atoms with Crippen molar-refractivity contribution in [3.05, 3.63) is 24.0 Å². The SMILES string of the molecule is CC(C)c1cc(NCCCN2CCC[C@H](CO)C2)n2nccc2n1. The van der Waals surface area contributed by atoms with Crippen LogP contribution in [0.5, 0.6) is 0 Å². The molecule has 2 aromatic heterocycles. The van der Waals surface area contributed by atoms with E-state index in [-0.39, 0.29) is 0 Å². The van der Waals surface area contributed by atoms with Gasteiger partial charge in [-0.2, -0.15) is 9.61 Å². The smallest absolute Gasteiger partial charge is 0.157 e. The Morgan fingerprint density at radius 3 is 3.08 bits per heavy atom. The molecule has 1 saturated heterocycles. The zero-order valence-electron chi connectivity index (χ0n) is 14.8. The topological polar surface area (TPSA) is 65.7 Å². The normalized spacial score (nSPS) is 19.2. The first-order valence-electron chi connectivity index (χ1n) is 9.09. The fraction of sp³-hybridized carbons (Fsp3) is 0.667. The van der Waals surface area contributed by atoms with Gasteiger partial charge in [0, 0.05) is 37.5 Å². The van der Waals surface area contributed by atoms with Crippen LogP contribution < -0.4 is 5.32 Å². The van der Waals surface area contributed by atoms with Crippen molar-refractivity contribution < 1.29 is 5.11 Å². The lowest BCUT2D eigenvalue weighted by Gasteiger charge is -2.31. The Bertz CT molecular complexity index is 654. The van der Waals surface area contributed by atoms with E-state index in [1.807, 2.05) is 10.6 Å². The molecule has 6 heteroatoms. The van der Waals surface area contributed by atoms with Gasteiger partial charge in [-0.3, -0.25) is 0 Å². The van der Waals surface area contributed by atoms with E-state index in [4.69, 9.17) is 0 Å². The van der Waals surface area contributed by atoms with Gasteiger partial charge in [-0.15, -0.1) is 0 Å². The van der Waals surface area contributed by atoms with Crippen LogP contribution >= 0.6 is 0 Å². The minimum Gasteiger partial charge on any atom is -0.396 e. The number of aliphatic hydroxyl groups is 1. The van der Waals surface area contributed by atoms with Crippen LogP contribution in [0.4, 0.5) is 5.82 Å². The Morgan fingerprint density at radius 2 is 2.29 bits per heavy atom. The second-order valence-electron chi connectivity index (χ2n) is 7.09. The second kappa shape index (κ2) is 7.94. The highest BCUT2D eigenvalue weighted by Gasteiger charge is 2.18. The molecule has 1 atom stereocenters. The van der Waals surface area contributed by atoms with Crippen molar-refractivity contribution in [1.82, 2.24) is 19.5 Å². The number of aliphatic hydroxyl groups excluding tert-OH is 1. The molecular formula is C18H29N5O. The van der Waals surface area contributed by atoms with Gasteiger partial charge in [0.25, 0.3) is 0 Å². The van der Waals surface area contributed by atoms with Crippen LogP contribution in [-0.2, 0) is 0 Å². The van der Waals surface area contributed by atoms with E-state index in [1.54, 1.807) is 6.20 Å². The summed E-state index contributed by atoms with van der Waals surface area (Å²) in [7, 11) is 0. The molecule has 0 aliphatic carbocycles. The van der Waals surface area contributed by atoms with Crippen LogP contribution in [0.2, 0.25) is 0 Å². The summed E-state index contributed by atoms with van der Waals surface area (Å²) in [6.45, 7) is 8.82. The van der Waals surface area contributed by atoms with E-state index in [9.17, 15) is 5.11 Å². The number of likely N-dealkylation sites (tertiary alicyclic amines) is 1. The lowest BCUT2D eigenvalue weighted by atomic mass is 9.99. The molecule has 0 amide bonds. The molecule has 1 aliphatic heterocycles. The summed E-state index contributed by atoms with van der Waals surface area (Å²) >= 11 is 0. The fourth-order valence-corrected chi connectivity index (χ4v) is 3.38. The van der Waals surface area contributed by atoms with Crippen molar-refractivity contribution in [2.24, 2.45) is 5.92 Å². The van der Waals surface area contributed by atoms with Crippen molar-refractivity contribution >= 4 is 11.5 Å². The van der Waals surface area contributed by atoms with Gasteiger partial charge in [-0.25, -0.2) is 4.98 Å². The monoisotopic (exact) mass is 331 g/mol. The molecule has 132 valence electrons. The maximum absolute atomic E-state index is 9.33. The predicted octanol–water partition coefficient (Wildman–Crippen LogP) is 2.36. The van der Waals surface area contributed by atoms with Crippen molar-refractivity contribution in [1.29, 1.82) is 0 Å². The Hall–Kier alpha value is -1.66.